The molecule has 1 heteroatoms. The average molecular weight is 169 g/mol. The van der Waals surface area contributed by atoms with Crippen LogP contribution in [0.2, 0.25) is 0 Å². The van der Waals surface area contributed by atoms with Crippen molar-refractivity contribution in [2.24, 2.45) is 0 Å². The minimum atomic E-state index is 0.643. The van der Waals surface area contributed by atoms with Crippen LogP contribution >= 0.6 is 0 Å². The van der Waals surface area contributed by atoms with E-state index in [1.54, 1.807) is 0 Å². The zero-order valence-electron chi connectivity index (χ0n) is 8.90. The van der Waals surface area contributed by atoms with Crippen LogP contribution in [-0.4, -0.2) is 24.0 Å². The molecule has 0 N–H and O–H groups in total. The molecule has 0 saturated heterocycles. The van der Waals surface area contributed by atoms with Gasteiger partial charge in [0, 0.05) is 5.54 Å². The predicted molar refractivity (Wildman–Crippen MR) is 54.4 cm³/mol. The van der Waals surface area contributed by atoms with Gasteiger partial charge in [0.2, 0.25) is 0 Å². The lowest BCUT2D eigenvalue weighted by molar-refractivity contribution is 0.205. The summed E-state index contributed by atoms with van der Waals surface area (Å²) in [7, 11) is 2.30. The van der Waals surface area contributed by atoms with Crippen molar-refractivity contribution in [2.75, 3.05) is 13.6 Å². The van der Waals surface area contributed by atoms with Crippen molar-refractivity contribution in [3.8, 4) is 0 Å². The molecule has 1 saturated carbocycles. The number of rotatable bonds is 6. The van der Waals surface area contributed by atoms with Crippen LogP contribution in [-0.2, 0) is 0 Å². The lowest BCUT2D eigenvalue weighted by Gasteiger charge is -2.27. The van der Waals surface area contributed by atoms with Gasteiger partial charge in [0.15, 0.2) is 0 Å². The summed E-state index contributed by atoms with van der Waals surface area (Å²) < 4.78 is 0. The van der Waals surface area contributed by atoms with Gasteiger partial charge < -0.3 is 4.90 Å². The summed E-state index contributed by atoms with van der Waals surface area (Å²) in [5, 5.41) is 0. The van der Waals surface area contributed by atoms with Crippen LogP contribution in [0, 0.1) is 0 Å². The first-order valence-electron chi connectivity index (χ1n) is 5.46. The maximum absolute atomic E-state index is 2.60. The zero-order chi connectivity index (χ0) is 9.03. The van der Waals surface area contributed by atoms with Crippen LogP contribution in [0.25, 0.3) is 0 Å². The summed E-state index contributed by atoms with van der Waals surface area (Å²) in [5.41, 5.74) is 0.643. The van der Waals surface area contributed by atoms with Crippen LogP contribution in [0.3, 0.4) is 0 Å². The molecular weight excluding hydrogens is 146 g/mol. The molecule has 0 aromatic carbocycles. The fourth-order valence-corrected chi connectivity index (χ4v) is 2.06. The van der Waals surface area contributed by atoms with Gasteiger partial charge in [-0.3, -0.25) is 0 Å². The van der Waals surface area contributed by atoms with Crippen molar-refractivity contribution < 1.29 is 0 Å². The molecule has 0 bridgehead atoms. The molecule has 0 unspecified atom stereocenters. The van der Waals surface area contributed by atoms with Crippen molar-refractivity contribution in [3.63, 3.8) is 0 Å². The van der Waals surface area contributed by atoms with Gasteiger partial charge in [-0.2, -0.15) is 0 Å². The Bertz CT molecular complexity index is 127. The molecule has 1 rings (SSSR count). The van der Waals surface area contributed by atoms with Crippen LogP contribution < -0.4 is 0 Å². The highest BCUT2D eigenvalue weighted by atomic mass is 15.2. The Kier molecular flexibility index (Phi) is 3.57. The summed E-state index contributed by atoms with van der Waals surface area (Å²) in [6, 6.07) is 0. The van der Waals surface area contributed by atoms with Crippen LogP contribution in [0.1, 0.15) is 52.4 Å². The summed E-state index contributed by atoms with van der Waals surface area (Å²) >= 11 is 0. The smallest absolute Gasteiger partial charge is 0.0207 e. The van der Waals surface area contributed by atoms with Gasteiger partial charge in [-0.1, -0.05) is 26.7 Å². The van der Waals surface area contributed by atoms with Crippen molar-refractivity contribution in [1.29, 1.82) is 0 Å². The predicted octanol–water partition coefficient (Wildman–Crippen LogP) is 3.05. The molecule has 0 heterocycles. The van der Waals surface area contributed by atoms with Crippen molar-refractivity contribution in [3.05, 3.63) is 0 Å². The number of unbranched alkanes of at least 4 members (excludes halogenated alkanes) is 1. The molecule has 0 aromatic heterocycles. The molecule has 1 nitrogen and oxygen atoms in total. The van der Waals surface area contributed by atoms with Crippen LogP contribution in [0.15, 0.2) is 0 Å². The second kappa shape index (κ2) is 4.27. The van der Waals surface area contributed by atoms with Gasteiger partial charge in [-0.25, -0.2) is 0 Å². The molecule has 1 fully saturated rings. The summed E-state index contributed by atoms with van der Waals surface area (Å²) in [5.74, 6) is 0. The van der Waals surface area contributed by atoms with Crippen LogP contribution in [0.4, 0.5) is 0 Å². The Labute approximate surface area is 77.1 Å². The Morgan fingerprint density at radius 3 is 2.25 bits per heavy atom. The monoisotopic (exact) mass is 169 g/mol. The lowest BCUT2D eigenvalue weighted by atomic mass is 10.1. The third-order valence-corrected chi connectivity index (χ3v) is 3.20. The van der Waals surface area contributed by atoms with Gasteiger partial charge in [-0.15, -0.1) is 0 Å². The molecule has 1 aliphatic rings. The van der Waals surface area contributed by atoms with E-state index in [-0.39, 0.29) is 0 Å². The first-order valence-corrected chi connectivity index (χ1v) is 5.46. The first-order chi connectivity index (χ1) is 5.75. The van der Waals surface area contributed by atoms with E-state index in [0.29, 0.717) is 5.54 Å². The van der Waals surface area contributed by atoms with E-state index in [9.17, 15) is 0 Å². The van der Waals surface area contributed by atoms with Crippen LogP contribution in [0.5, 0.6) is 0 Å². The average Bonchev–Trinajstić information content (AvgIpc) is 2.82. The van der Waals surface area contributed by atoms with Crippen molar-refractivity contribution in [2.45, 2.75) is 57.9 Å². The molecule has 12 heavy (non-hydrogen) atoms. The zero-order valence-corrected chi connectivity index (χ0v) is 8.90. The highest BCUT2D eigenvalue weighted by Crippen LogP contribution is 2.44. The van der Waals surface area contributed by atoms with E-state index in [2.05, 4.69) is 25.8 Å². The molecule has 72 valence electrons. The SMILES string of the molecule is CCCCN(C)C1(CCC)CC1. The van der Waals surface area contributed by atoms with Gasteiger partial charge >= 0.3 is 0 Å². The molecule has 0 radical (unpaired) electrons. The molecule has 0 atom stereocenters. The summed E-state index contributed by atoms with van der Waals surface area (Å²) in [6.45, 7) is 5.87. The molecule has 1 aliphatic carbocycles. The fraction of sp³-hybridized carbons (Fsp3) is 1.00. The topological polar surface area (TPSA) is 3.24 Å². The third-order valence-electron chi connectivity index (χ3n) is 3.20. The molecule has 0 aromatic rings. The maximum atomic E-state index is 2.60. The van der Waals surface area contributed by atoms with E-state index in [0.717, 1.165) is 0 Å². The normalized spacial score (nSPS) is 20.0. The fourth-order valence-electron chi connectivity index (χ4n) is 2.06. The second-order valence-corrected chi connectivity index (χ2v) is 4.25. The van der Waals surface area contributed by atoms with Gasteiger partial charge in [0.25, 0.3) is 0 Å². The maximum Gasteiger partial charge on any atom is 0.0207 e. The van der Waals surface area contributed by atoms with E-state index >= 15 is 0 Å². The van der Waals surface area contributed by atoms with Gasteiger partial charge in [-0.05, 0) is 39.3 Å². The van der Waals surface area contributed by atoms with Gasteiger partial charge in [0.05, 0.1) is 0 Å². The minimum absolute atomic E-state index is 0.643. The van der Waals surface area contributed by atoms with Crippen molar-refractivity contribution in [1.82, 2.24) is 4.90 Å². The third kappa shape index (κ3) is 2.22. The standard InChI is InChI=1S/C11H23N/c1-4-6-10-12(3)11(7-5-2)8-9-11/h4-10H2,1-3H3. The number of hydrogen-bond acceptors (Lipinski definition) is 1. The molecule has 0 spiro atoms. The van der Waals surface area contributed by atoms with E-state index in [1.807, 2.05) is 0 Å². The minimum Gasteiger partial charge on any atom is -0.301 e. The molecule has 0 aliphatic heterocycles. The van der Waals surface area contributed by atoms with E-state index in [4.69, 9.17) is 0 Å². The van der Waals surface area contributed by atoms with E-state index < -0.39 is 0 Å². The summed E-state index contributed by atoms with van der Waals surface area (Å²) in [4.78, 5) is 2.60. The lowest BCUT2D eigenvalue weighted by Crippen LogP contribution is -2.34. The Morgan fingerprint density at radius 2 is 1.83 bits per heavy atom. The largest absolute Gasteiger partial charge is 0.301 e. The molecule has 0 amide bonds. The van der Waals surface area contributed by atoms with Gasteiger partial charge in [0.1, 0.15) is 0 Å². The highest BCUT2D eigenvalue weighted by Gasteiger charge is 2.44. The number of nitrogens with zero attached hydrogens (tertiary/aromatic N) is 1. The Balaban J connectivity index is 2.25. The summed E-state index contributed by atoms with van der Waals surface area (Å²) in [6.07, 6.45) is 8.33. The van der Waals surface area contributed by atoms with E-state index in [1.165, 1.54) is 45.1 Å². The number of hydrogen-bond donors (Lipinski definition) is 0. The Hall–Kier alpha value is -0.0400. The Morgan fingerprint density at radius 1 is 1.17 bits per heavy atom. The van der Waals surface area contributed by atoms with Crippen molar-refractivity contribution >= 4 is 0 Å². The second-order valence-electron chi connectivity index (χ2n) is 4.25. The molecular formula is C11H23N. The quantitative estimate of drug-likeness (QED) is 0.590. The first kappa shape index (κ1) is 10.0. The highest BCUT2D eigenvalue weighted by molar-refractivity contribution is 5.01.